The Balaban J connectivity index is 4.92. The Labute approximate surface area is 100 Å². The third-order valence-electron chi connectivity index (χ3n) is 1.27. The maximum absolute atomic E-state index is 12.3. The molecule has 0 radical (unpaired) electrons. The van der Waals surface area contributed by atoms with Gasteiger partial charge < -0.3 is 0 Å². The van der Waals surface area contributed by atoms with Crippen LogP contribution in [0.5, 0.6) is 0 Å². The molecule has 0 aromatic carbocycles. The predicted molar refractivity (Wildman–Crippen MR) is 71.2 cm³/mol. The van der Waals surface area contributed by atoms with Gasteiger partial charge in [0, 0.05) is 5.66 Å². The van der Waals surface area contributed by atoms with Gasteiger partial charge in [0.2, 0.25) is 0 Å². The van der Waals surface area contributed by atoms with Crippen LogP contribution in [0.3, 0.4) is 0 Å². The van der Waals surface area contributed by atoms with Crippen molar-refractivity contribution in [2.45, 2.75) is 59.5 Å². The minimum atomic E-state index is -3.25. The molecule has 0 spiro atoms. The van der Waals surface area contributed by atoms with Crippen molar-refractivity contribution in [2.75, 3.05) is 0 Å². The first-order valence-corrected chi connectivity index (χ1v) is 10.6. The summed E-state index contributed by atoms with van der Waals surface area (Å²) in [5.74, 6) is 0. The van der Waals surface area contributed by atoms with Crippen LogP contribution in [-0.4, -0.2) is 20.3 Å². The van der Waals surface area contributed by atoms with Crippen LogP contribution in [0.25, 0.3) is 0 Å². The van der Waals surface area contributed by atoms with Gasteiger partial charge in [-0.2, -0.15) is 0 Å². The molecule has 0 aromatic heterocycles. The Bertz CT molecular complexity index is 306. The number of rotatable bonds is 4. The van der Waals surface area contributed by atoms with E-state index in [9.17, 15) is 4.57 Å². The molecule has 0 saturated heterocycles. The molecule has 0 saturated carbocycles. The van der Waals surface area contributed by atoms with Crippen LogP contribution >= 0.6 is 7.60 Å². The highest BCUT2D eigenvalue weighted by molar-refractivity contribution is 7.59. The second kappa shape index (κ2) is 6.02. The summed E-state index contributed by atoms with van der Waals surface area (Å²) >= 11 is 0. The average molecular weight is 262 g/mol. The van der Waals surface area contributed by atoms with Gasteiger partial charge in [0.05, 0.1) is 12.2 Å². The van der Waals surface area contributed by atoms with Crippen molar-refractivity contribution < 1.29 is 13.6 Å². The average Bonchev–Trinajstić information content (AvgIpc) is 1.96. The molecular weight excluding hydrogens is 239 g/mol. The van der Waals surface area contributed by atoms with Crippen LogP contribution in [-0.2, 0) is 13.6 Å². The topological polar surface area (TPSA) is 35.5 Å². The van der Waals surface area contributed by atoms with E-state index in [4.69, 9.17) is 9.05 Å². The Kier molecular flexibility index (Phi) is 5.99. The molecule has 0 N–H and O–H groups in total. The molecule has 16 heavy (non-hydrogen) atoms. The van der Waals surface area contributed by atoms with Gasteiger partial charge in [-0.05, 0) is 27.7 Å². The van der Waals surface area contributed by atoms with Crippen LogP contribution in [0, 0.1) is 11.2 Å². The zero-order chi connectivity index (χ0) is 13.0. The Hall–Kier alpha value is -0.0731. The lowest BCUT2D eigenvalue weighted by Crippen LogP contribution is -2.17. The molecule has 0 aliphatic carbocycles. The molecule has 0 atom stereocenters. The van der Waals surface area contributed by atoms with Crippen LogP contribution in [0.1, 0.15) is 27.7 Å². The third-order valence-corrected chi connectivity index (χ3v) is 4.14. The van der Waals surface area contributed by atoms with E-state index < -0.39 is 15.7 Å². The molecule has 0 amide bonds. The molecule has 3 nitrogen and oxygen atoms in total. The van der Waals surface area contributed by atoms with Gasteiger partial charge in [0.15, 0.2) is 0 Å². The fourth-order valence-electron chi connectivity index (χ4n) is 0.869. The molecular formula is C11H23O3PSi. The van der Waals surface area contributed by atoms with Crippen molar-refractivity contribution in [1.82, 2.24) is 0 Å². The maximum Gasteiger partial charge on any atom is 0.405 e. The second-order valence-corrected chi connectivity index (χ2v) is 11.7. The van der Waals surface area contributed by atoms with Crippen molar-refractivity contribution in [1.29, 1.82) is 0 Å². The molecule has 0 fully saturated rings. The third kappa shape index (κ3) is 8.12. The SMILES string of the molecule is CC(C)OP(=O)(C#C[Si](C)(C)C)OC(C)C. The molecule has 0 bridgehead atoms. The normalized spacial score (nSPS) is 12.8. The van der Waals surface area contributed by atoms with Crippen LogP contribution in [0.4, 0.5) is 0 Å². The van der Waals surface area contributed by atoms with Crippen LogP contribution in [0.2, 0.25) is 19.6 Å². The van der Waals surface area contributed by atoms with Crippen molar-refractivity contribution in [3.63, 3.8) is 0 Å². The highest BCUT2D eigenvalue weighted by atomic mass is 31.2. The minimum Gasteiger partial charge on any atom is -0.297 e. The fraction of sp³-hybridized carbons (Fsp3) is 0.818. The minimum absolute atomic E-state index is 0.152. The van der Waals surface area contributed by atoms with E-state index in [1.165, 1.54) is 0 Å². The van der Waals surface area contributed by atoms with Crippen LogP contribution < -0.4 is 0 Å². The van der Waals surface area contributed by atoms with Crippen molar-refractivity contribution in [2.24, 2.45) is 0 Å². The summed E-state index contributed by atoms with van der Waals surface area (Å²) in [6.45, 7) is 13.6. The molecule has 0 aromatic rings. The van der Waals surface area contributed by atoms with Crippen molar-refractivity contribution in [3.05, 3.63) is 0 Å². The molecule has 0 aliphatic heterocycles. The van der Waals surface area contributed by atoms with E-state index in [0.717, 1.165) is 0 Å². The summed E-state index contributed by atoms with van der Waals surface area (Å²) in [5.41, 5.74) is 5.77. The van der Waals surface area contributed by atoms with Crippen molar-refractivity contribution in [3.8, 4) is 11.2 Å². The monoisotopic (exact) mass is 262 g/mol. The zero-order valence-corrected chi connectivity index (χ0v) is 13.2. The van der Waals surface area contributed by atoms with Gasteiger partial charge in [-0.3, -0.25) is 9.05 Å². The Morgan fingerprint density at radius 1 is 1.00 bits per heavy atom. The van der Waals surface area contributed by atoms with E-state index in [-0.39, 0.29) is 12.2 Å². The summed E-state index contributed by atoms with van der Waals surface area (Å²) in [7, 11) is -4.82. The first kappa shape index (κ1) is 15.9. The highest BCUT2D eigenvalue weighted by Crippen LogP contribution is 2.49. The largest absolute Gasteiger partial charge is 0.405 e. The van der Waals surface area contributed by atoms with Gasteiger partial charge in [0.25, 0.3) is 0 Å². The first-order chi connectivity index (χ1) is 7.04. The second-order valence-electron chi connectivity index (χ2n) is 5.29. The van der Waals surface area contributed by atoms with E-state index in [0.29, 0.717) is 0 Å². The summed E-state index contributed by atoms with van der Waals surface area (Å²) in [6.07, 6.45) is -0.305. The van der Waals surface area contributed by atoms with E-state index in [2.05, 4.69) is 30.8 Å². The fourth-order valence-corrected chi connectivity index (χ4v) is 4.02. The van der Waals surface area contributed by atoms with Gasteiger partial charge >= 0.3 is 7.60 Å². The molecule has 0 rings (SSSR count). The lowest BCUT2D eigenvalue weighted by Gasteiger charge is -2.18. The summed E-state index contributed by atoms with van der Waals surface area (Å²) in [5, 5.41) is 0. The van der Waals surface area contributed by atoms with Gasteiger partial charge in [0.1, 0.15) is 8.07 Å². The number of hydrogen-bond donors (Lipinski definition) is 0. The molecule has 5 heteroatoms. The van der Waals surface area contributed by atoms with E-state index >= 15 is 0 Å². The Morgan fingerprint density at radius 3 is 1.62 bits per heavy atom. The van der Waals surface area contributed by atoms with Gasteiger partial charge in [-0.15, -0.1) is 5.54 Å². The van der Waals surface area contributed by atoms with Gasteiger partial charge in [-0.25, -0.2) is 4.57 Å². The van der Waals surface area contributed by atoms with E-state index in [1.807, 2.05) is 27.7 Å². The standard InChI is InChI=1S/C11H23O3PSi/c1-10(2)13-15(12,14-11(3)4)8-9-16(5,6)7/h10-11H,1-7H3. The molecule has 0 aliphatic rings. The molecule has 0 heterocycles. The summed E-state index contributed by atoms with van der Waals surface area (Å²) < 4.78 is 22.9. The Morgan fingerprint density at radius 2 is 1.38 bits per heavy atom. The lowest BCUT2D eigenvalue weighted by atomic mass is 10.5. The summed E-state index contributed by atoms with van der Waals surface area (Å²) in [4.78, 5) is 0. The van der Waals surface area contributed by atoms with Gasteiger partial charge in [-0.1, -0.05) is 19.6 Å². The molecule has 0 unspecified atom stereocenters. The zero-order valence-electron chi connectivity index (χ0n) is 11.3. The van der Waals surface area contributed by atoms with Crippen molar-refractivity contribution >= 4 is 15.7 Å². The number of hydrogen-bond acceptors (Lipinski definition) is 3. The smallest absolute Gasteiger partial charge is 0.297 e. The summed E-state index contributed by atoms with van der Waals surface area (Å²) in [6, 6.07) is 0. The van der Waals surface area contributed by atoms with Crippen LogP contribution in [0.15, 0.2) is 0 Å². The quantitative estimate of drug-likeness (QED) is 0.438. The maximum atomic E-state index is 12.3. The van der Waals surface area contributed by atoms with E-state index in [1.54, 1.807) is 0 Å². The highest BCUT2D eigenvalue weighted by Gasteiger charge is 2.25. The predicted octanol–water partition coefficient (Wildman–Crippen LogP) is 3.87. The molecule has 94 valence electrons. The first-order valence-electron chi connectivity index (χ1n) is 5.55. The lowest BCUT2D eigenvalue weighted by molar-refractivity contribution is 0.151.